The Kier molecular flexibility index (Phi) is 5.31. The lowest BCUT2D eigenvalue weighted by Crippen LogP contribution is -2.24. The second-order valence-corrected chi connectivity index (χ2v) is 5.22. The van der Waals surface area contributed by atoms with E-state index in [1.165, 1.54) is 32.1 Å². The molecule has 0 spiro atoms. The van der Waals surface area contributed by atoms with Crippen molar-refractivity contribution in [1.82, 2.24) is 5.32 Å². The smallest absolute Gasteiger partial charge is 0.220 e. The van der Waals surface area contributed by atoms with Crippen molar-refractivity contribution in [3.05, 3.63) is 24.2 Å². The molecule has 2 rings (SSSR count). The van der Waals surface area contributed by atoms with Crippen LogP contribution in [-0.2, 0) is 11.2 Å². The van der Waals surface area contributed by atoms with Gasteiger partial charge < -0.3 is 9.73 Å². The van der Waals surface area contributed by atoms with Gasteiger partial charge in [-0.1, -0.05) is 25.7 Å². The van der Waals surface area contributed by atoms with Crippen LogP contribution in [0.2, 0.25) is 0 Å². The minimum Gasteiger partial charge on any atom is -0.469 e. The fourth-order valence-electron chi connectivity index (χ4n) is 2.70. The summed E-state index contributed by atoms with van der Waals surface area (Å²) in [5, 5.41) is 2.99. The van der Waals surface area contributed by atoms with Crippen LogP contribution in [0.4, 0.5) is 0 Å². The topological polar surface area (TPSA) is 42.2 Å². The van der Waals surface area contributed by atoms with Crippen LogP contribution in [0.3, 0.4) is 0 Å². The van der Waals surface area contributed by atoms with Crippen LogP contribution in [0.1, 0.15) is 50.7 Å². The van der Waals surface area contributed by atoms with Gasteiger partial charge in [0.25, 0.3) is 0 Å². The highest BCUT2D eigenvalue weighted by Crippen LogP contribution is 2.28. The van der Waals surface area contributed by atoms with Crippen LogP contribution < -0.4 is 5.32 Å². The number of nitrogens with one attached hydrogen (secondary N) is 1. The maximum Gasteiger partial charge on any atom is 0.220 e. The summed E-state index contributed by atoms with van der Waals surface area (Å²) in [7, 11) is 0. The molecule has 1 N–H and O–H groups in total. The van der Waals surface area contributed by atoms with Crippen LogP contribution in [0.5, 0.6) is 0 Å². The molecule has 100 valence electrons. The molecule has 0 aromatic carbocycles. The molecule has 0 unspecified atom stereocenters. The zero-order valence-electron chi connectivity index (χ0n) is 11.0. The van der Waals surface area contributed by atoms with Gasteiger partial charge in [-0.25, -0.2) is 0 Å². The summed E-state index contributed by atoms with van der Waals surface area (Å²) in [5.74, 6) is 1.94. The summed E-state index contributed by atoms with van der Waals surface area (Å²) >= 11 is 0. The van der Waals surface area contributed by atoms with E-state index in [2.05, 4.69) is 5.32 Å². The van der Waals surface area contributed by atoms with E-state index in [1.54, 1.807) is 6.26 Å². The lowest BCUT2D eigenvalue weighted by Gasteiger charge is -2.09. The van der Waals surface area contributed by atoms with Crippen LogP contribution >= 0.6 is 0 Å². The van der Waals surface area contributed by atoms with Crippen molar-refractivity contribution in [1.29, 1.82) is 0 Å². The third kappa shape index (κ3) is 4.55. The molecule has 1 fully saturated rings. The zero-order valence-corrected chi connectivity index (χ0v) is 11.0. The standard InChI is InChI=1S/C15H23NO2/c17-15(10-9-14-8-4-12-18-14)16-11-3-7-13-5-1-2-6-13/h4,8,12-13H,1-3,5-7,9-11H2,(H,16,17). The van der Waals surface area contributed by atoms with E-state index >= 15 is 0 Å². The van der Waals surface area contributed by atoms with E-state index < -0.39 is 0 Å². The maximum absolute atomic E-state index is 11.6. The Labute approximate surface area is 109 Å². The fraction of sp³-hybridized carbons (Fsp3) is 0.667. The molecule has 0 bridgehead atoms. The Morgan fingerprint density at radius 1 is 1.39 bits per heavy atom. The molecule has 18 heavy (non-hydrogen) atoms. The predicted molar refractivity (Wildman–Crippen MR) is 71.2 cm³/mol. The molecule has 0 atom stereocenters. The largest absolute Gasteiger partial charge is 0.469 e. The molecule has 1 amide bonds. The predicted octanol–water partition coefficient (Wildman–Crippen LogP) is 3.30. The Morgan fingerprint density at radius 3 is 2.94 bits per heavy atom. The Hall–Kier alpha value is -1.25. The van der Waals surface area contributed by atoms with Crippen molar-refractivity contribution >= 4 is 5.91 Å². The van der Waals surface area contributed by atoms with Crippen LogP contribution in [-0.4, -0.2) is 12.5 Å². The molecule has 1 saturated carbocycles. The second-order valence-electron chi connectivity index (χ2n) is 5.22. The summed E-state index contributed by atoms with van der Waals surface area (Å²) in [4.78, 5) is 11.6. The molecular formula is C15H23NO2. The molecule has 0 radical (unpaired) electrons. The first-order valence-corrected chi connectivity index (χ1v) is 7.13. The van der Waals surface area contributed by atoms with Crippen molar-refractivity contribution in [2.75, 3.05) is 6.54 Å². The van der Waals surface area contributed by atoms with Gasteiger partial charge in [-0.15, -0.1) is 0 Å². The van der Waals surface area contributed by atoms with E-state index in [-0.39, 0.29) is 5.91 Å². The first-order valence-electron chi connectivity index (χ1n) is 7.13. The number of carbonyl (C=O) groups is 1. The summed E-state index contributed by atoms with van der Waals surface area (Å²) in [6, 6.07) is 3.77. The fourth-order valence-corrected chi connectivity index (χ4v) is 2.70. The van der Waals surface area contributed by atoms with Gasteiger partial charge in [-0.2, -0.15) is 0 Å². The van der Waals surface area contributed by atoms with Crippen LogP contribution in [0.25, 0.3) is 0 Å². The monoisotopic (exact) mass is 249 g/mol. The van der Waals surface area contributed by atoms with Crippen molar-refractivity contribution in [2.24, 2.45) is 5.92 Å². The lowest BCUT2D eigenvalue weighted by molar-refractivity contribution is -0.121. The number of aryl methyl sites for hydroxylation is 1. The number of rotatable bonds is 7. The summed E-state index contributed by atoms with van der Waals surface area (Å²) in [6.45, 7) is 0.827. The van der Waals surface area contributed by atoms with E-state index in [9.17, 15) is 4.79 Å². The Morgan fingerprint density at radius 2 is 2.22 bits per heavy atom. The number of hydrogen-bond donors (Lipinski definition) is 1. The lowest BCUT2D eigenvalue weighted by atomic mass is 10.0. The maximum atomic E-state index is 11.6. The van der Waals surface area contributed by atoms with Crippen molar-refractivity contribution in [2.45, 2.75) is 51.4 Å². The third-order valence-corrected chi connectivity index (χ3v) is 3.76. The highest BCUT2D eigenvalue weighted by Gasteiger charge is 2.14. The first-order chi connectivity index (χ1) is 8.84. The Balaban J connectivity index is 1.49. The first kappa shape index (κ1) is 13.2. The van der Waals surface area contributed by atoms with Crippen molar-refractivity contribution < 1.29 is 9.21 Å². The molecule has 0 saturated heterocycles. The molecule has 0 aliphatic heterocycles. The number of hydrogen-bond acceptors (Lipinski definition) is 2. The normalized spacial score (nSPS) is 16.0. The minimum atomic E-state index is 0.137. The van der Waals surface area contributed by atoms with Gasteiger partial charge in [0, 0.05) is 19.4 Å². The molecule has 1 aliphatic carbocycles. The highest BCUT2D eigenvalue weighted by molar-refractivity contribution is 5.75. The Bertz CT molecular complexity index is 339. The van der Waals surface area contributed by atoms with Gasteiger partial charge in [-0.05, 0) is 30.9 Å². The molecular weight excluding hydrogens is 226 g/mol. The number of carbonyl (C=O) groups excluding carboxylic acids is 1. The summed E-state index contributed by atoms with van der Waals surface area (Å²) in [5.41, 5.74) is 0. The average molecular weight is 249 g/mol. The SMILES string of the molecule is O=C(CCc1ccco1)NCCCC1CCCC1. The van der Waals surface area contributed by atoms with E-state index in [0.29, 0.717) is 12.8 Å². The molecule has 3 heteroatoms. The van der Waals surface area contributed by atoms with Crippen molar-refractivity contribution in [3.8, 4) is 0 Å². The van der Waals surface area contributed by atoms with Gasteiger partial charge in [0.15, 0.2) is 0 Å². The molecule has 1 aromatic rings. The highest BCUT2D eigenvalue weighted by atomic mass is 16.3. The van der Waals surface area contributed by atoms with Gasteiger partial charge in [-0.3, -0.25) is 4.79 Å². The van der Waals surface area contributed by atoms with E-state index in [4.69, 9.17) is 4.42 Å². The number of amides is 1. The zero-order chi connectivity index (χ0) is 12.6. The van der Waals surface area contributed by atoms with Crippen molar-refractivity contribution in [3.63, 3.8) is 0 Å². The van der Waals surface area contributed by atoms with Gasteiger partial charge in [0.1, 0.15) is 5.76 Å². The van der Waals surface area contributed by atoms with Crippen LogP contribution in [0, 0.1) is 5.92 Å². The van der Waals surface area contributed by atoms with E-state index in [1.807, 2.05) is 12.1 Å². The van der Waals surface area contributed by atoms with E-state index in [0.717, 1.165) is 24.6 Å². The quantitative estimate of drug-likeness (QED) is 0.753. The molecule has 1 aliphatic rings. The van der Waals surface area contributed by atoms with Gasteiger partial charge in [0.05, 0.1) is 6.26 Å². The summed E-state index contributed by atoms with van der Waals surface area (Å²) in [6.07, 6.45) is 10.9. The second kappa shape index (κ2) is 7.24. The number of furan rings is 1. The minimum absolute atomic E-state index is 0.137. The molecule has 3 nitrogen and oxygen atoms in total. The summed E-state index contributed by atoms with van der Waals surface area (Å²) < 4.78 is 5.20. The van der Waals surface area contributed by atoms with Gasteiger partial charge in [0.2, 0.25) is 5.91 Å². The van der Waals surface area contributed by atoms with Gasteiger partial charge >= 0.3 is 0 Å². The average Bonchev–Trinajstić information content (AvgIpc) is 3.04. The third-order valence-electron chi connectivity index (χ3n) is 3.76. The molecule has 1 aromatic heterocycles. The molecule has 1 heterocycles. The van der Waals surface area contributed by atoms with Crippen LogP contribution in [0.15, 0.2) is 22.8 Å².